The molecule has 0 spiro atoms. The second kappa shape index (κ2) is 6.88. The predicted molar refractivity (Wildman–Crippen MR) is 84.5 cm³/mol. The standard InChI is InChI=1S/C14H13N3O5S/c1-21-10-5-7(2-3-9(10)22-6-11(15)18)4-8-12(19)16-14(23)17-13(8)20/h2-5H,6H2,1H3,(H2,15,18)(H2,16,17,19,20,23). The van der Waals surface area contributed by atoms with Crippen LogP contribution in [0.25, 0.3) is 6.08 Å². The van der Waals surface area contributed by atoms with E-state index in [-0.39, 0.29) is 17.3 Å². The molecule has 4 N–H and O–H groups in total. The molecular weight excluding hydrogens is 322 g/mol. The molecule has 0 radical (unpaired) electrons. The van der Waals surface area contributed by atoms with E-state index >= 15 is 0 Å². The van der Waals surface area contributed by atoms with Crippen LogP contribution in [-0.4, -0.2) is 36.6 Å². The molecule has 9 heteroatoms. The third-order valence-electron chi connectivity index (χ3n) is 2.81. The van der Waals surface area contributed by atoms with Gasteiger partial charge in [0.2, 0.25) is 0 Å². The highest BCUT2D eigenvalue weighted by atomic mass is 32.1. The Morgan fingerprint density at radius 3 is 2.48 bits per heavy atom. The fourth-order valence-corrected chi connectivity index (χ4v) is 2.00. The Balaban J connectivity index is 2.28. The van der Waals surface area contributed by atoms with Crippen molar-refractivity contribution in [3.8, 4) is 11.5 Å². The van der Waals surface area contributed by atoms with E-state index in [9.17, 15) is 14.4 Å². The van der Waals surface area contributed by atoms with Crippen molar-refractivity contribution in [2.75, 3.05) is 13.7 Å². The molecule has 120 valence electrons. The van der Waals surface area contributed by atoms with Crippen molar-refractivity contribution in [1.82, 2.24) is 10.6 Å². The van der Waals surface area contributed by atoms with E-state index in [1.807, 2.05) is 0 Å². The largest absolute Gasteiger partial charge is 0.493 e. The SMILES string of the molecule is COc1cc(C=C2C(=O)NC(=S)NC2=O)ccc1OCC(N)=O. The molecule has 23 heavy (non-hydrogen) atoms. The number of carbonyl (C=O) groups is 3. The summed E-state index contributed by atoms with van der Waals surface area (Å²) < 4.78 is 10.3. The molecule has 1 saturated heterocycles. The average Bonchev–Trinajstić information content (AvgIpc) is 2.49. The van der Waals surface area contributed by atoms with Crippen molar-refractivity contribution < 1.29 is 23.9 Å². The van der Waals surface area contributed by atoms with Crippen LogP contribution in [0.1, 0.15) is 5.56 Å². The zero-order valence-electron chi connectivity index (χ0n) is 12.0. The Labute approximate surface area is 136 Å². The molecule has 8 nitrogen and oxygen atoms in total. The van der Waals surface area contributed by atoms with Gasteiger partial charge >= 0.3 is 0 Å². The lowest BCUT2D eigenvalue weighted by Gasteiger charge is -2.16. The van der Waals surface area contributed by atoms with E-state index in [1.165, 1.54) is 19.3 Å². The molecule has 0 unspecified atom stereocenters. The molecule has 0 bridgehead atoms. The van der Waals surface area contributed by atoms with Crippen molar-refractivity contribution >= 4 is 41.1 Å². The van der Waals surface area contributed by atoms with E-state index in [0.717, 1.165) is 0 Å². The highest BCUT2D eigenvalue weighted by Gasteiger charge is 2.25. The van der Waals surface area contributed by atoms with Crippen LogP contribution in [0.2, 0.25) is 0 Å². The first-order valence-electron chi connectivity index (χ1n) is 6.38. The van der Waals surface area contributed by atoms with Gasteiger partial charge in [-0.1, -0.05) is 6.07 Å². The summed E-state index contributed by atoms with van der Waals surface area (Å²) in [4.78, 5) is 34.3. The topological polar surface area (TPSA) is 120 Å². The lowest BCUT2D eigenvalue weighted by molar-refractivity contribution is -0.123. The summed E-state index contributed by atoms with van der Waals surface area (Å²) in [5.74, 6) is -1.16. The van der Waals surface area contributed by atoms with Crippen molar-refractivity contribution in [2.24, 2.45) is 5.73 Å². The molecule has 1 aliphatic heterocycles. The number of amides is 3. The number of hydrogen-bond donors (Lipinski definition) is 3. The number of hydrogen-bond acceptors (Lipinski definition) is 6. The Morgan fingerprint density at radius 2 is 1.91 bits per heavy atom. The minimum absolute atomic E-state index is 0.0371. The maximum Gasteiger partial charge on any atom is 0.263 e. The fraction of sp³-hybridized carbons (Fsp3) is 0.143. The number of ether oxygens (including phenoxy) is 2. The average molecular weight is 335 g/mol. The summed E-state index contributed by atoms with van der Waals surface area (Å²) in [5, 5.41) is 4.64. The lowest BCUT2D eigenvalue weighted by Crippen LogP contribution is -2.51. The van der Waals surface area contributed by atoms with Crippen LogP contribution in [0.5, 0.6) is 11.5 Å². The van der Waals surface area contributed by atoms with Crippen molar-refractivity contribution in [3.63, 3.8) is 0 Å². The van der Waals surface area contributed by atoms with Gasteiger partial charge in [-0.05, 0) is 36.0 Å². The second-order valence-electron chi connectivity index (χ2n) is 4.46. The molecule has 1 aromatic carbocycles. The smallest absolute Gasteiger partial charge is 0.263 e. The Bertz CT molecular complexity index is 707. The minimum atomic E-state index is -0.621. The molecule has 3 amide bonds. The molecule has 0 atom stereocenters. The van der Waals surface area contributed by atoms with Crippen molar-refractivity contribution in [1.29, 1.82) is 0 Å². The molecule has 0 aromatic heterocycles. The van der Waals surface area contributed by atoms with Gasteiger partial charge in [0.1, 0.15) is 5.57 Å². The molecular formula is C14H13N3O5S. The summed E-state index contributed by atoms with van der Waals surface area (Å²) in [5.41, 5.74) is 5.45. The van der Waals surface area contributed by atoms with E-state index in [1.54, 1.807) is 12.1 Å². The number of nitrogens with one attached hydrogen (secondary N) is 2. The number of carbonyl (C=O) groups excluding carboxylic acids is 3. The van der Waals surface area contributed by atoms with Gasteiger partial charge in [0, 0.05) is 0 Å². The van der Waals surface area contributed by atoms with Crippen LogP contribution in [-0.2, 0) is 14.4 Å². The molecule has 1 fully saturated rings. The Kier molecular flexibility index (Phi) is 4.91. The Hall–Kier alpha value is -2.94. The Morgan fingerprint density at radius 1 is 1.26 bits per heavy atom. The summed E-state index contributed by atoms with van der Waals surface area (Å²) in [7, 11) is 1.42. The molecule has 2 rings (SSSR count). The first kappa shape index (κ1) is 16.4. The van der Waals surface area contributed by atoms with Crippen LogP contribution < -0.4 is 25.8 Å². The number of nitrogens with two attached hydrogens (primary N) is 1. The van der Waals surface area contributed by atoms with Crippen molar-refractivity contribution in [3.05, 3.63) is 29.3 Å². The highest BCUT2D eigenvalue weighted by molar-refractivity contribution is 7.80. The third-order valence-corrected chi connectivity index (χ3v) is 3.02. The maximum absolute atomic E-state index is 11.8. The van der Waals surface area contributed by atoms with E-state index in [4.69, 9.17) is 27.4 Å². The summed E-state index contributed by atoms with van der Waals surface area (Å²) in [6.45, 7) is -0.293. The van der Waals surface area contributed by atoms with Gasteiger partial charge in [0.25, 0.3) is 17.7 Å². The normalized spacial score (nSPS) is 14.0. The number of rotatable bonds is 5. The minimum Gasteiger partial charge on any atom is -0.493 e. The lowest BCUT2D eigenvalue weighted by atomic mass is 10.1. The zero-order chi connectivity index (χ0) is 17.0. The second-order valence-corrected chi connectivity index (χ2v) is 4.87. The zero-order valence-corrected chi connectivity index (χ0v) is 12.9. The first-order valence-corrected chi connectivity index (χ1v) is 6.79. The fourth-order valence-electron chi connectivity index (χ4n) is 1.82. The van der Waals surface area contributed by atoms with Crippen LogP contribution >= 0.6 is 12.2 Å². The maximum atomic E-state index is 11.8. The first-order chi connectivity index (χ1) is 10.9. The van der Waals surface area contributed by atoms with Crippen LogP contribution in [0.15, 0.2) is 23.8 Å². The molecule has 0 saturated carbocycles. The number of benzene rings is 1. The van der Waals surface area contributed by atoms with Crippen LogP contribution in [0, 0.1) is 0 Å². The monoisotopic (exact) mass is 335 g/mol. The predicted octanol–water partition coefficient (Wildman–Crippen LogP) is -0.526. The van der Waals surface area contributed by atoms with E-state index in [2.05, 4.69) is 10.6 Å². The van der Waals surface area contributed by atoms with Crippen molar-refractivity contribution in [2.45, 2.75) is 0 Å². The van der Waals surface area contributed by atoms with Gasteiger partial charge in [-0.3, -0.25) is 25.0 Å². The number of thiocarbonyl (C=S) groups is 1. The third kappa shape index (κ3) is 4.04. The summed E-state index contributed by atoms with van der Waals surface area (Å²) in [6.07, 6.45) is 1.38. The van der Waals surface area contributed by atoms with Gasteiger partial charge in [-0.2, -0.15) is 0 Å². The van der Waals surface area contributed by atoms with E-state index in [0.29, 0.717) is 17.1 Å². The summed E-state index contributed by atoms with van der Waals surface area (Å²) >= 11 is 4.72. The number of methoxy groups -OCH3 is 1. The van der Waals surface area contributed by atoms with Gasteiger partial charge in [0.15, 0.2) is 23.2 Å². The summed E-state index contributed by atoms with van der Waals surface area (Å²) in [6, 6.07) is 4.69. The van der Waals surface area contributed by atoms with E-state index < -0.39 is 17.7 Å². The quantitative estimate of drug-likeness (QED) is 0.378. The van der Waals surface area contributed by atoms with Gasteiger partial charge in [-0.25, -0.2) is 0 Å². The highest BCUT2D eigenvalue weighted by Crippen LogP contribution is 2.29. The van der Waals surface area contributed by atoms with Crippen LogP contribution in [0.3, 0.4) is 0 Å². The van der Waals surface area contributed by atoms with Gasteiger partial charge < -0.3 is 15.2 Å². The van der Waals surface area contributed by atoms with Gasteiger partial charge in [-0.15, -0.1) is 0 Å². The molecule has 1 aliphatic rings. The van der Waals surface area contributed by atoms with Crippen LogP contribution in [0.4, 0.5) is 0 Å². The molecule has 1 aromatic rings. The number of primary amides is 1. The molecule has 1 heterocycles. The van der Waals surface area contributed by atoms with Gasteiger partial charge in [0.05, 0.1) is 7.11 Å². The molecule has 0 aliphatic carbocycles.